The summed E-state index contributed by atoms with van der Waals surface area (Å²) in [5.41, 5.74) is 3.65. The molecule has 226 valence electrons. The minimum atomic E-state index is -4.76. The molecule has 1 aromatic heterocycles. The Labute approximate surface area is 243 Å². The van der Waals surface area contributed by atoms with Crippen LogP contribution < -0.4 is 10.1 Å². The second kappa shape index (κ2) is 13.9. The maximum atomic E-state index is 12.8. The average Bonchev–Trinajstić information content (AvgIpc) is 3.38. The van der Waals surface area contributed by atoms with Crippen LogP contribution in [0.1, 0.15) is 73.1 Å². The highest BCUT2D eigenvalue weighted by Gasteiger charge is 2.31. The summed E-state index contributed by atoms with van der Waals surface area (Å²) in [6, 6.07) is 12.8. The van der Waals surface area contributed by atoms with Crippen LogP contribution in [0.3, 0.4) is 0 Å². The molecule has 1 aliphatic rings. The third-order valence-electron chi connectivity index (χ3n) is 7.50. The van der Waals surface area contributed by atoms with E-state index >= 15 is 0 Å². The Bertz CT molecular complexity index is 1330. The summed E-state index contributed by atoms with van der Waals surface area (Å²) in [5.74, 6) is -0.0911. The number of nitrogens with one attached hydrogen (secondary N) is 1. The van der Waals surface area contributed by atoms with Crippen molar-refractivity contribution in [3.63, 3.8) is 0 Å². The number of ether oxygens (including phenoxy) is 2. The number of hydrogen-bond donors (Lipinski definition) is 1. The monoisotopic (exact) mass is 586 g/mol. The van der Waals surface area contributed by atoms with Gasteiger partial charge in [0.25, 0.3) is 5.91 Å². The number of alkyl halides is 3. The predicted molar refractivity (Wildman–Crippen MR) is 153 cm³/mol. The quantitative estimate of drug-likeness (QED) is 0.254. The number of carbonyl (C=O) groups is 2. The number of rotatable bonds is 12. The summed E-state index contributed by atoms with van der Waals surface area (Å²) in [6.07, 6.45) is 2.96. The number of benzene rings is 2. The Kier molecular flexibility index (Phi) is 10.3. The number of amides is 1. The van der Waals surface area contributed by atoms with Crippen molar-refractivity contribution < 1.29 is 32.2 Å². The minimum Gasteiger partial charge on any atom is -0.406 e. The molecule has 0 radical (unpaired) electrons. The van der Waals surface area contributed by atoms with Crippen LogP contribution in [-0.2, 0) is 16.1 Å². The lowest BCUT2D eigenvalue weighted by Gasteiger charge is -2.32. The summed E-state index contributed by atoms with van der Waals surface area (Å²) in [7, 11) is 3.28. The molecule has 1 N–H and O–H groups in total. The second-order valence-electron chi connectivity index (χ2n) is 10.7. The fourth-order valence-corrected chi connectivity index (χ4v) is 5.32. The van der Waals surface area contributed by atoms with E-state index in [0.29, 0.717) is 30.1 Å². The minimum absolute atomic E-state index is 0.0339. The summed E-state index contributed by atoms with van der Waals surface area (Å²) >= 11 is 0. The maximum Gasteiger partial charge on any atom is 0.573 e. The molecule has 1 amide bonds. The zero-order valence-corrected chi connectivity index (χ0v) is 24.1. The molecule has 1 aliphatic carbocycles. The van der Waals surface area contributed by atoms with E-state index in [1.807, 2.05) is 18.3 Å². The van der Waals surface area contributed by atoms with Crippen LogP contribution in [-0.4, -0.2) is 53.4 Å². The molecule has 1 saturated carbocycles. The van der Waals surface area contributed by atoms with Crippen molar-refractivity contribution in [3.05, 3.63) is 71.5 Å². The third kappa shape index (κ3) is 8.34. The van der Waals surface area contributed by atoms with Gasteiger partial charge < -0.3 is 19.7 Å². The number of anilines is 1. The molecule has 42 heavy (non-hydrogen) atoms. The molecular formula is C31H37F3N4O4. The Balaban J connectivity index is 1.59. The summed E-state index contributed by atoms with van der Waals surface area (Å²) in [4.78, 5) is 25.7. The number of nitrogens with zero attached hydrogens (tertiary/aromatic N) is 3. The van der Waals surface area contributed by atoms with Crippen LogP contribution in [0.25, 0.3) is 5.69 Å². The first-order valence-corrected chi connectivity index (χ1v) is 14.1. The van der Waals surface area contributed by atoms with E-state index in [9.17, 15) is 22.8 Å². The SMILES string of the molecule is COCc1nn(-c2ccc(OC(F)(F)F)cc2)cc1C(Nc1ccc(C(=O)N(C)CCC(C)=O)cc1)C1CCCCC1. The van der Waals surface area contributed by atoms with E-state index in [0.717, 1.165) is 42.6 Å². The van der Waals surface area contributed by atoms with Crippen molar-refractivity contribution in [1.82, 2.24) is 14.7 Å². The number of halogens is 3. The van der Waals surface area contributed by atoms with Crippen molar-refractivity contribution in [2.24, 2.45) is 5.92 Å². The Morgan fingerprint density at radius 3 is 2.33 bits per heavy atom. The van der Waals surface area contributed by atoms with Crippen LogP contribution in [0.15, 0.2) is 54.7 Å². The van der Waals surface area contributed by atoms with Gasteiger partial charge >= 0.3 is 6.36 Å². The molecule has 0 bridgehead atoms. The molecule has 4 rings (SSSR count). The lowest BCUT2D eigenvalue weighted by molar-refractivity contribution is -0.274. The highest BCUT2D eigenvalue weighted by Crippen LogP contribution is 2.38. The van der Waals surface area contributed by atoms with E-state index in [1.165, 1.54) is 37.6 Å². The first kappa shape index (κ1) is 31.1. The number of hydrogen-bond acceptors (Lipinski definition) is 6. The number of carbonyl (C=O) groups excluding carboxylic acids is 2. The van der Waals surface area contributed by atoms with Gasteiger partial charge in [0, 0.05) is 50.1 Å². The standard InChI is InChI=1S/C31H37F3N4O4/c1-21(39)17-18-37(2)30(40)23-9-11-24(12-10-23)35-29(22-7-5-4-6-8-22)27-19-38(36-28(27)20-41-3)25-13-15-26(16-14-25)42-31(32,33)34/h9-16,19,22,29,35H,4-8,17-18,20H2,1-3H3. The van der Waals surface area contributed by atoms with E-state index < -0.39 is 6.36 Å². The molecule has 1 fully saturated rings. The molecule has 0 spiro atoms. The van der Waals surface area contributed by atoms with Crippen molar-refractivity contribution in [2.45, 2.75) is 64.5 Å². The zero-order chi connectivity index (χ0) is 30.3. The second-order valence-corrected chi connectivity index (χ2v) is 10.7. The number of aromatic nitrogens is 2. The van der Waals surface area contributed by atoms with Gasteiger partial charge in [0.1, 0.15) is 11.5 Å². The lowest BCUT2D eigenvalue weighted by Crippen LogP contribution is -2.28. The van der Waals surface area contributed by atoms with Gasteiger partial charge in [-0.05, 0) is 74.2 Å². The topological polar surface area (TPSA) is 85.7 Å². The molecule has 0 saturated heterocycles. The first-order valence-electron chi connectivity index (χ1n) is 14.1. The van der Waals surface area contributed by atoms with Gasteiger partial charge in [-0.25, -0.2) is 4.68 Å². The van der Waals surface area contributed by atoms with Crippen LogP contribution in [0.2, 0.25) is 0 Å². The van der Waals surface area contributed by atoms with Crippen LogP contribution in [0, 0.1) is 5.92 Å². The molecule has 11 heteroatoms. The zero-order valence-electron chi connectivity index (χ0n) is 24.1. The van der Waals surface area contributed by atoms with Crippen molar-refractivity contribution in [1.29, 1.82) is 0 Å². The smallest absolute Gasteiger partial charge is 0.406 e. The summed E-state index contributed by atoms with van der Waals surface area (Å²) in [5, 5.41) is 8.41. The first-order chi connectivity index (χ1) is 20.0. The Morgan fingerprint density at radius 1 is 1.07 bits per heavy atom. The summed E-state index contributed by atoms with van der Waals surface area (Å²) in [6.45, 7) is 2.14. The fraction of sp³-hybridized carbons (Fsp3) is 0.452. The molecule has 2 aromatic carbocycles. The van der Waals surface area contributed by atoms with Crippen molar-refractivity contribution >= 4 is 17.4 Å². The van der Waals surface area contributed by atoms with E-state index in [2.05, 4.69) is 10.1 Å². The van der Waals surface area contributed by atoms with Crippen LogP contribution >= 0.6 is 0 Å². The van der Waals surface area contributed by atoms with Gasteiger partial charge in [-0.15, -0.1) is 13.2 Å². The van der Waals surface area contributed by atoms with E-state index in [1.54, 1.807) is 35.9 Å². The number of ketones is 1. The highest BCUT2D eigenvalue weighted by atomic mass is 19.4. The molecule has 1 heterocycles. The molecular weight excluding hydrogens is 549 g/mol. The number of methoxy groups -OCH3 is 1. The van der Waals surface area contributed by atoms with Crippen molar-refractivity contribution in [3.8, 4) is 11.4 Å². The van der Waals surface area contributed by atoms with Gasteiger partial charge in [-0.3, -0.25) is 9.59 Å². The molecule has 3 aromatic rings. The maximum absolute atomic E-state index is 12.8. The van der Waals surface area contributed by atoms with Gasteiger partial charge in [0.05, 0.1) is 24.0 Å². The largest absolute Gasteiger partial charge is 0.573 e. The lowest BCUT2D eigenvalue weighted by atomic mass is 9.81. The number of Topliss-reactive ketones (excluding diaryl/α,β-unsaturated/α-hetero) is 1. The molecule has 8 nitrogen and oxygen atoms in total. The van der Waals surface area contributed by atoms with Gasteiger partial charge in [-0.2, -0.15) is 5.10 Å². The fourth-order valence-electron chi connectivity index (χ4n) is 5.32. The Hall–Kier alpha value is -3.86. The van der Waals surface area contributed by atoms with E-state index in [4.69, 9.17) is 9.84 Å². The molecule has 0 aliphatic heterocycles. The van der Waals surface area contributed by atoms with Crippen LogP contribution in [0.4, 0.5) is 18.9 Å². The predicted octanol–water partition coefficient (Wildman–Crippen LogP) is 6.70. The summed E-state index contributed by atoms with van der Waals surface area (Å²) < 4.78 is 49.0. The van der Waals surface area contributed by atoms with Crippen molar-refractivity contribution in [2.75, 3.05) is 26.0 Å². The normalized spacial score (nSPS) is 14.8. The third-order valence-corrected chi connectivity index (χ3v) is 7.50. The van der Waals surface area contributed by atoms with Gasteiger partial charge in [0.2, 0.25) is 0 Å². The van der Waals surface area contributed by atoms with Gasteiger partial charge in [-0.1, -0.05) is 19.3 Å². The highest BCUT2D eigenvalue weighted by molar-refractivity contribution is 5.94. The Morgan fingerprint density at radius 2 is 1.74 bits per heavy atom. The average molecular weight is 587 g/mol. The van der Waals surface area contributed by atoms with Gasteiger partial charge in [0.15, 0.2) is 0 Å². The van der Waals surface area contributed by atoms with Crippen LogP contribution in [0.5, 0.6) is 5.75 Å². The molecule has 1 unspecified atom stereocenters. The van der Waals surface area contributed by atoms with E-state index in [-0.39, 0.29) is 30.1 Å². The molecule has 1 atom stereocenters.